The van der Waals surface area contributed by atoms with Crippen LogP contribution >= 0.6 is 16.5 Å². The van der Waals surface area contributed by atoms with E-state index in [2.05, 4.69) is 50.3 Å². The van der Waals surface area contributed by atoms with E-state index in [0.29, 0.717) is 23.9 Å². The van der Waals surface area contributed by atoms with Gasteiger partial charge in [0.2, 0.25) is 0 Å². The summed E-state index contributed by atoms with van der Waals surface area (Å²) in [5, 5.41) is 13.2. The molecule has 0 aliphatic heterocycles. The highest BCUT2D eigenvalue weighted by Crippen LogP contribution is 2.67. The van der Waals surface area contributed by atoms with Gasteiger partial charge in [-0.25, -0.2) is 0 Å². The van der Waals surface area contributed by atoms with Crippen LogP contribution in [0.4, 0.5) is 0 Å². The summed E-state index contributed by atoms with van der Waals surface area (Å²) in [7, 11) is -5.85. The van der Waals surface area contributed by atoms with Crippen molar-refractivity contribution in [2.45, 2.75) is 111 Å². The Morgan fingerprint density at radius 1 is 0.976 bits per heavy atom. The van der Waals surface area contributed by atoms with Gasteiger partial charge in [-0.1, -0.05) is 65.5 Å². The number of nitrogens with one attached hydrogen (secondary N) is 1. The largest absolute Gasteiger partial charge is 0.745 e. The van der Waals surface area contributed by atoms with Crippen molar-refractivity contribution in [2.75, 3.05) is 26.2 Å². The number of allylic oxidation sites excluding steroid dienone is 1. The highest BCUT2D eigenvalue weighted by molar-refractivity contribution is 7.46. The number of hydrogen-bond donors (Lipinski definition) is 6. The van der Waals surface area contributed by atoms with Gasteiger partial charge in [-0.15, -0.1) is 9.79 Å². The Morgan fingerprint density at radius 2 is 1.62 bits per heavy atom. The Bertz CT molecular complexity index is 877. The van der Waals surface area contributed by atoms with Crippen molar-refractivity contribution in [1.29, 1.82) is 0 Å². The maximum Gasteiger partial charge on any atom is 0.745 e. The van der Waals surface area contributed by atoms with Crippen molar-refractivity contribution < 1.29 is 28.3 Å². The number of rotatable bonds is 11. The Hall–Kier alpha value is -0.340. The Kier molecular flexibility index (Phi) is 16.2. The maximum absolute atomic E-state index is 10.2. The third kappa shape index (κ3) is 10.4. The van der Waals surface area contributed by atoms with Gasteiger partial charge in [0.1, 0.15) is 0 Å². The molecule has 11 heteroatoms. The first-order chi connectivity index (χ1) is 19.8. The first-order valence-electron chi connectivity index (χ1n) is 16.3. The zero-order chi connectivity index (χ0) is 31.5. The van der Waals surface area contributed by atoms with Gasteiger partial charge >= 0.3 is 16.5 Å². The van der Waals surface area contributed by atoms with Crippen molar-refractivity contribution >= 4 is 16.5 Å². The standard InChI is InChI=1S/C27H46O.C4H13N3.O5P2/c1-18(2)7-6-8-19(3)23-11-12-24-22-10-9-20-17-21(28)13-15-26(20,4)25(22)14-16-27(23,24)5;5-1-3-7-4-2-6;1-6(2)5-7(3)4/h9,18-19,21-25,28H,6-8,10-17H2,1-5H3;7H,1-6H2;/p+2/t19?,21-,22-,23+,24-,25-,26-,27+;;/m0../s1. The van der Waals surface area contributed by atoms with Gasteiger partial charge < -0.3 is 21.9 Å². The topological polar surface area (TPSA) is 168 Å². The molecule has 0 radical (unpaired) electrons. The van der Waals surface area contributed by atoms with Crippen LogP contribution in [-0.4, -0.2) is 47.2 Å². The van der Waals surface area contributed by atoms with Crippen LogP contribution in [-0.2, 0) is 13.4 Å². The van der Waals surface area contributed by atoms with E-state index in [1.807, 2.05) is 0 Å². The van der Waals surface area contributed by atoms with E-state index in [4.69, 9.17) is 21.3 Å². The fourth-order valence-electron chi connectivity index (χ4n) is 9.06. The summed E-state index contributed by atoms with van der Waals surface area (Å²) >= 11 is 0. The smallest absolute Gasteiger partial charge is 0.393 e. The summed E-state index contributed by atoms with van der Waals surface area (Å²) in [6.45, 7) is 15.7. The fourth-order valence-corrected chi connectivity index (χ4v) is 9.53. The molecule has 0 heterocycles. The van der Waals surface area contributed by atoms with Crippen molar-refractivity contribution in [1.82, 2.24) is 5.32 Å². The first kappa shape index (κ1) is 37.8. The second-order valence-electron chi connectivity index (χ2n) is 14.1. The molecule has 10 atom stereocenters. The lowest BCUT2D eigenvalue weighted by Gasteiger charge is -2.58. The zero-order valence-electron chi connectivity index (χ0n) is 26.8. The molecule has 9 nitrogen and oxygen atoms in total. The van der Waals surface area contributed by atoms with Gasteiger partial charge in [0.25, 0.3) is 0 Å². The normalized spacial score (nSPS) is 34.8. The summed E-state index contributed by atoms with van der Waals surface area (Å²) in [4.78, 5) is 15.3. The monoisotopic (exact) mass is 633 g/mol. The minimum atomic E-state index is -2.92. The predicted molar refractivity (Wildman–Crippen MR) is 171 cm³/mol. The molecule has 0 aromatic heterocycles. The van der Waals surface area contributed by atoms with Crippen LogP contribution < -0.4 is 16.8 Å². The van der Waals surface area contributed by atoms with Crippen LogP contribution in [0.25, 0.3) is 0 Å². The maximum atomic E-state index is 10.2. The lowest BCUT2D eigenvalue weighted by atomic mass is 9.47. The van der Waals surface area contributed by atoms with Crippen LogP contribution in [0.1, 0.15) is 105 Å². The lowest BCUT2D eigenvalue weighted by molar-refractivity contribution is -0.0573. The quantitative estimate of drug-likeness (QED) is 0.0883. The van der Waals surface area contributed by atoms with E-state index >= 15 is 0 Å². The zero-order valence-corrected chi connectivity index (χ0v) is 28.6. The number of fused-ring (bicyclic) bond motifs is 5. The SMILES string of the molecule is CC(C)CCCC(C)[C@H]1CC[C@H]2[C@@H]3CC=C4C[C@@H](O)CC[C@]4(C)[C@H]3CC[C@]12C.NCCNCCN.O=[P+](O)O[P+](=O)O. The van der Waals surface area contributed by atoms with Crippen LogP contribution in [0.2, 0.25) is 0 Å². The molecule has 0 aromatic carbocycles. The number of nitrogens with two attached hydrogens (primary N) is 2. The van der Waals surface area contributed by atoms with Gasteiger partial charge in [0.15, 0.2) is 4.31 Å². The van der Waals surface area contributed by atoms with Crippen molar-refractivity contribution in [3.05, 3.63) is 11.6 Å². The molecular formula is C31H61N3O6P2+2. The van der Waals surface area contributed by atoms with Gasteiger partial charge in [0, 0.05) is 35.3 Å². The molecule has 42 heavy (non-hydrogen) atoms. The minimum absolute atomic E-state index is 0.0766. The minimum Gasteiger partial charge on any atom is -0.393 e. The molecule has 4 aliphatic carbocycles. The summed E-state index contributed by atoms with van der Waals surface area (Å²) < 4.78 is 22.2. The lowest BCUT2D eigenvalue weighted by Crippen LogP contribution is -2.50. The molecule has 4 rings (SSSR count). The molecule has 0 spiro atoms. The molecule has 3 fully saturated rings. The van der Waals surface area contributed by atoms with Gasteiger partial charge in [-0.3, -0.25) is 0 Å². The van der Waals surface area contributed by atoms with E-state index in [1.165, 1.54) is 57.8 Å². The number of hydrogen-bond acceptors (Lipinski definition) is 7. The van der Waals surface area contributed by atoms with Crippen LogP contribution in [0.15, 0.2) is 11.6 Å². The van der Waals surface area contributed by atoms with Gasteiger partial charge in [0.05, 0.1) is 6.10 Å². The summed E-state index contributed by atoms with van der Waals surface area (Å²) in [5.74, 6) is 5.46. The molecule has 0 aromatic rings. The third-order valence-electron chi connectivity index (χ3n) is 11.1. The van der Waals surface area contributed by atoms with Crippen LogP contribution in [0, 0.1) is 46.3 Å². The average molecular weight is 634 g/mol. The third-order valence-corrected chi connectivity index (χ3v) is 12.2. The van der Waals surface area contributed by atoms with E-state index in [-0.39, 0.29) is 6.10 Å². The Balaban J connectivity index is 0.000000367. The van der Waals surface area contributed by atoms with Crippen LogP contribution in [0.3, 0.4) is 0 Å². The molecule has 3 saturated carbocycles. The highest BCUT2D eigenvalue weighted by Gasteiger charge is 2.59. The molecule has 244 valence electrons. The molecule has 8 N–H and O–H groups in total. The second-order valence-corrected chi connectivity index (χ2v) is 15.7. The van der Waals surface area contributed by atoms with E-state index in [9.17, 15) is 14.2 Å². The van der Waals surface area contributed by atoms with Crippen LogP contribution in [0.5, 0.6) is 0 Å². The highest BCUT2D eigenvalue weighted by atomic mass is 31.2. The molecule has 0 bridgehead atoms. The van der Waals surface area contributed by atoms with Crippen molar-refractivity contribution in [3.8, 4) is 0 Å². The van der Waals surface area contributed by atoms with Gasteiger partial charge in [-0.05, 0) is 97.7 Å². The Morgan fingerprint density at radius 3 is 2.17 bits per heavy atom. The molecular weight excluding hydrogens is 572 g/mol. The fraction of sp³-hybridized carbons (Fsp3) is 0.935. The van der Waals surface area contributed by atoms with E-state index in [1.54, 1.807) is 5.57 Å². The first-order valence-corrected chi connectivity index (χ1v) is 18.5. The summed E-state index contributed by atoms with van der Waals surface area (Å²) in [5.41, 5.74) is 12.9. The average Bonchev–Trinajstić information content (AvgIpc) is 3.26. The predicted octanol–water partition coefficient (Wildman–Crippen LogP) is 6.18. The van der Waals surface area contributed by atoms with E-state index in [0.717, 1.165) is 61.4 Å². The second kappa shape index (κ2) is 18.0. The molecule has 0 amide bonds. The number of aliphatic hydroxyl groups is 1. The summed E-state index contributed by atoms with van der Waals surface area (Å²) in [6, 6.07) is 0. The van der Waals surface area contributed by atoms with Crippen molar-refractivity contribution in [2.24, 2.45) is 57.8 Å². The van der Waals surface area contributed by atoms with E-state index < -0.39 is 16.5 Å². The Labute approximate surface area is 256 Å². The molecule has 4 aliphatic rings. The van der Waals surface area contributed by atoms with Gasteiger partial charge in [-0.2, -0.15) is 0 Å². The summed E-state index contributed by atoms with van der Waals surface area (Å²) in [6.07, 6.45) is 17.2. The van der Waals surface area contributed by atoms with Crippen molar-refractivity contribution in [3.63, 3.8) is 0 Å². The molecule has 3 unspecified atom stereocenters. The number of aliphatic hydroxyl groups excluding tert-OH is 1. The molecule has 0 saturated heterocycles.